The summed E-state index contributed by atoms with van der Waals surface area (Å²) in [4.78, 5) is 1.35. The molecule has 0 atom stereocenters. The Labute approximate surface area is 241 Å². The minimum atomic E-state index is 0.959. The average Bonchev–Trinajstić information content (AvgIpc) is 2.89. The van der Waals surface area contributed by atoms with Gasteiger partial charge in [0, 0.05) is 23.5 Å². The highest BCUT2D eigenvalue weighted by molar-refractivity contribution is 7.97. The Kier molecular flexibility index (Phi) is 10.3. The van der Waals surface area contributed by atoms with Crippen molar-refractivity contribution in [2.45, 2.75) is 72.4 Å². The maximum Gasteiger partial charge on any atom is 0.104 e. The lowest BCUT2D eigenvalue weighted by Gasteiger charge is -2.37. The summed E-state index contributed by atoms with van der Waals surface area (Å²) >= 11 is 1.93. The summed E-state index contributed by atoms with van der Waals surface area (Å²) in [6, 6.07) is 29.5. The highest BCUT2D eigenvalue weighted by Gasteiger charge is 2.24. The number of hydrogen-bond acceptors (Lipinski definition) is 2. The SMILES string of the molecule is CC[N+](CC)(CCCCN(Cc1cc(C)cc(C)c1)Sc1cccc2ccccc12)Cc1cc(C)cc(C)c1. The molecule has 206 valence electrons. The van der Waals surface area contributed by atoms with Crippen molar-refractivity contribution in [1.82, 2.24) is 4.31 Å². The Hall–Kier alpha value is -2.59. The van der Waals surface area contributed by atoms with Crippen LogP contribution in [0.25, 0.3) is 10.8 Å². The molecule has 39 heavy (non-hydrogen) atoms. The molecule has 3 heteroatoms. The van der Waals surface area contributed by atoms with Crippen molar-refractivity contribution >= 4 is 22.7 Å². The molecule has 0 aromatic heterocycles. The van der Waals surface area contributed by atoms with Gasteiger partial charge in [0.05, 0.1) is 19.6 Å². The van der Waals surface area contributed by atoms with E-state index in [0.717, 1.165) is 24.1 Å². The summed E-state index contributed by atoms with van der Waals surface area (Å²) in [6.07, 6.45) is 2.45. The van der Waals surface area contributed by atoms with Crippen LogP contribution in [-0.4, -0.2) is 35.0 Å². The van der Waals surface area contributed by atoms with Gasteiger partial charge in [-0.15, -0.1) is 0 Å². The molecule has 2 nitrogen and oxygen atoms in total. The quantitative estimate of drug-likeness (QED) is 0.0945. The fourth-order valence-electron chi connectivity index (χ4n) is 6.06. The fourth-order valence-corrected chi connectivity index (χ4v) is 7.20. The molecule has 0 aliphatic heterocycles. The summed E-state index contributed by atoms with van der Waals surface area (Å²) in [6.45, 7) is 20.4. The number of quaternary nitrogens is 1. The van der Waals surface area contributed by atoms with Gasteiger partial charge in [0.15, 0.2) is 0 Å². The van der Waals surface area contributed by atoms with Gasteiger partial charge in [-0.25, -0.2) is 4.31 Å². The molecule has 0 aliphatic carbocycles. The molecule has 0 bridgehead atoms. The summed E-state index contributed by atoms with van der Waals surface area (Å²) in [5.41, 5.74) is 8.34. The number of benzene rings is 4. The van der Waals surface area contributed by atoms with Crippen molar-refractivity contribution in [3.8, 4) is 0 Å². The van der Waals surface area contributed by atoms with Crippen LogP contribution in [0.3, 0.4) is 0 Å². The molecule has 0 saturated heterocycles. The molecule has 0 radical (unpaired) electrons. The molecule has 0 unspecified atom stereocenters. The van der Waals surface area contributed by atoms with Crippen LogP contribution < -0.4 is 0 Å². The second-order valence-corrected chi connectivity index (χ2v) is 12.6. The van der Waals surface area contributed by atoms with Crippen LogP contribution in [0.5, 0.6) is 0 Å². The second kappa shape index (κ2) is 13.7. The molecule has 0 aliphatic rings. The normalized spacial score (nSPS) is 12.0. The van der Waals surface area contributed by atoms with E-state index in [4.69, 9.17) is 0 Å². The zero-order valence-corrected chi connectivity index (χ0v) is 25.8. The van der Waals surface area contributed by atoms with Crippen LogP contribution >= 0.6 is 11.9 Å². The Morgan fingerprint density at radius 1 is 0.667 bits per heavy atom. The Morgan fingerprint density at radius 2 is 1.26 bits per heavy atom. The highest BCUT2D eigenvalue weighted by atomic mass is 32.2. The number of hydrogen-bond donors (Lipinski definition) is 0. The van der Waals surface area contributed by atoms with Gasteiger partial charge in [-0.05, 0) is 88.7 Å². The van der Waals surface area contributed by atoms with Crippen LogP contribution in [0.2, 0.25) is 0 Å². The molecule has 4 rings (SSSR count). The number of aryl methyl sites for hydroxylation is 4. The second-order valence-electron chi connectivity index (χ2n) is 11.5. The molecule has 0 saturated carbocycles. The molecule has 0 heterocycles. The minimum Gasteiger partial charge on any atom is -0.320 e. The Balaban J connectivity index is 1.47. The smallest absolute Gasteiger partial charge is 0.104 e. The predicted molar refractivity (Wildman–Crippen MR) is 171 cm³/mol. The van der Waals surface area contributed by atoms with Gasteiger partial charge in [-0.2, -0.15) is 0 Å². The number of fused-ring (bicyclic) bond motifs is 1. The maximum atomic E-state index is 2.59. The first-order valence-electron chi connectivity index (χ1n) is 14.7. The molecule has 4 aromatic carbocycles. The number of unbranched alkanes of at least 4 members (excludes halogenated alkanes) is 1. The average molecular weight is 540 g/mol. The van der Waals surface area contributed by atoms with E-state index >= 15 is 0 Å². The van der Waals surface area contributed by atoms with Gasteiger partial charge in [0.1, 0.15) is 6.54 Å². The Morgan fingerprint density at radius 3 is 1.90 bits per heavy atom. The lowest BCUT2D eigenvalue weighted by atomic mass is 10.1. The van der Waals surface area contributed by atoms with Gasteiger partial charge >= 0.3 is 0 Å². The van der Waals surface area contributed by atoms with E-state index in [1.54, 1.807) is 0 Å². The number of nitrogens with zero attached hydrogens (tertiary/aromatic N) is 2. The first-order chi connectivity index (χ1) is 18.8. The van der Waals surface area contributed by atoms with E-state index in [-0.39, 0.29) is 0 Å². The van der Waals surface area contributed by atoms with Crippen LogP contribution in [0.4, 0.5) is 0 Å². The lowest BCUT2D eigenvalue weighted by Crippen LogP contribution is -2.47. The molecule has 0 N–H and O–H groups in total. The zero-order chi connectivity index (χ0) is 27.8. The minimum absolute atomic E-state index is 0.959. The summed E-state index contributed by atoms with van der Waals surface area (Å²) in [7, 11) is 0. The number of rotatable bonds is 13. The predicted octanol–water partition coefficient (Wildman–Crippen LogP) is 9.42. The van der Waals surface area contributed by atoms with Crippen LogP contribution in [-0.2, 0) is 13.1 Å². The van der Waals surface area contributed by atoms with Gasteiger partial charge in [0.25, 0.3) is 0 Å². The Bertz CT molecular complexity index is 1330. The third kappa shape index (κ3) is 8.20. The lowest BCUT2D eigenvalue weighted by molar-refractivity contribution is -0.938. The summed E-state index contributed by atoms with van der Waals surface area (Å²) in [5, 5.41) is 2.66. The summed E-state index contributed by atoms with van der Waals surface area (Å²) < 4.78 is 3.75. The van der Waals surface area contributed by atoms with Gasteiger partial charge < -0.3 is 4.48 Å². The topological polar surface area (TPSA) is 3.24 Å². The maximum absolute atomic E-state index is 2.59. The largest absolute Gasteiger partial charge is 0.320 e. The van der Waals surface area contributed by atoms with Crippen molar-refractivity contribution in [2.75, 3.05) is 26.2 Å². The standard InChI is InChI=1S/C36H47N2S/c1-7-38(8-2,27-33-24-30(5)21-31(6)25-33)19-12-11-18-37(26-32-22-28(3)20-29(4)23-32)39-36-17-13-15-34-14-9-10-16-35(34)36/h9-10,13-17,20-25H,7-8,11-12,18-19,26-27H2,1-6H3/q+1. The third-order valence-electron chi connectivity index (χ3n) is 8.05. The van der Waals surface area contributed by atoms with E-state index in [0.29, 0.717) is 0 Å². The van der Waals surface area contributed by atoms with Crippen LogP contribution in [0.1, 0.15) is 60.1 Å². The van der Waals surface area contributed by atoms with E-state index in [1.165, 1.54) is 81.5 Å². The monoisotopic (exact) mass is 539 g/mol. The highest BCUT2D eigenvalue weighted by Crippen LogP contribution is 2.32. The van der Waals surface area contributed by atoms with Crippen LogP contribution in [0.15, 0.2) is 83.8 Å². The third-order valence-corrected chi connectivity index (χ3v) is 9.17. The first-order valence-corrected chi connectivity index (χ1v) is 15.5. The molecule has 0 amide bonds. The molecule has 0 spiro atoms. The van der Waals surface area contributed by atoms with Gasteiger partial charge in [-0.1, -0.05) is 95.1 Å². The molecule has 0 fully saturated rings. The summed E-state index contributed by atoms with van der Waals surface area (Å²) in [5.74, 6) is 0. The van der Waals surface area contributed by atoms with Crippen LogP contribution in [0, 0.1) is 27.7 Å². The molecular weight excluding hydrogens is 492 g/mol. The van der Waals surface area contributed by atoms with Crippen molar-refractivity contribution in [1.29, 1.82) is 0 Å². The van der Waals surface area contributed by atoms with Crippen molar-refractivity contribution in [3.63, 3.8) is 0 Å². The first kappa shape index (κ1) is 29.4. The van der Waals surface area contributed by atoms with Gasteiger partial charge in [-0.3, -0.25) is 0 Å². The fraction of sp³-hybridized carbons (Fsp3) is 0.389. The zero-order valence-electron chi connectivity index (χ0n) is 25.0. The van der Waals surface area contributed by atoms with Gasteiger partial charge in [0.2, 0.25) is 0 Å². The van der Waals surface area contributed by atoms with E-state index in [9.17, 15) is 0 Å². The van der Waals surface area contributed by atoms with E-state index < -0.39 is 0 Å². The van der Waals surface area contributed by atoms with Crippen molar-refractivity contribution < 1.29 is 4.48 Å². The molecule has 4 aromatic rings. The van der Waals surface area contributed by atoms with E-state index in [2.05, 4.69) is 125 Å². The van der Waals surface area contributed by atoms with Crippen molar-refractivity contribution in [2.24, 2.45) is 0 Å². The van der Waals surface area contributed by atoms with Crippen molar-refractivity contribution in [3.05, 3.63) is 112 Å². The van der Waals surface area contributed by atoms with E-state index in [1.807, 2.05) is 11.9 Å². The molecular formula is C36H47N2S+.